The maximum absolute atomic E-state index is 12.4. The van der Waals surface area contributed by atoms with Gasteiger partial charge in [0.2, 0.25) is 0 Å². The lowest BCUT2D eigenvalue weighted by molar-refractivity contribution is -0.139. The molecular formula is C14H14Cl2O4. The number of Topliss-reactive ketones (excluding diaryl/α,β-unsaturated/α-hetero) is 1. The molecule has 0 saturated carbocycles. The number of carbonyl (C=O) groups excluding carboxylic acids is 1. The number of hydrogen-bond donors (Lipinski definition) is 1. The number of ether oxygens (including phenoxy) is 1. The van der Waals surface area contributed by atoms with Crippen molar-refractivity contribution in [3.05, 3.63) is 27.2 Å². The summed E-state index contributed by atoms with van der Waals surface area (Å²) in [7, 11) is 0. The summed E-state index contributed by atoms with van der Waals surface area (Å²) in [5.74, 6) is -1.03. The van der Waals surface area contributed by atoms with E-state index < -0.39 is 18.0 Å². The van der Waals surface area contributed by atoms with Gasteiger partial charge in [-0.15, -0.1) is 0 Å². The first-order valence-electron chi connectivity index (χ1n) is 6.09. The second-order valence-electron chi connectivity index (χ2n) is 5.42. The molecule has 1 atom stereocenters. The van der Waals surface area contributed by atoms with Crippen molar-refractivity contribution in [2.45, 2.75) is 26.7 Å². The number of halogens is 2. The van der Waals surface area contributed by atoms with Crippen LogP contribution in [0.4, 0.5) is 0 Å². The smallest absolute Gasteiger partial charge is 0.341 e. The number of hydrogen-bond acceptors (Lipinski definition) is 3. The third-order valence-electron chi connectivity index (χ3n) is 3.92. The lowest BCUT2D eigenvalue weighted by Crippen LogP contribution is -2.22. The van der Waals surface area contributed by atoms with Gasteiger partial charge in [-0.05, 0) is 17.5 Å². The first kappa shape index (κ1) is 15.1. The van der Waals surface area contributed by atoms with Crippen LogP contribution >= 0.6 is 23.2 Å². The number of ketones is 1. The van der Waals surface area contributed by atoms with Gasteiger partial charge in [0, 0.05) is 11.0 Å². The molecule has 1 aliphatic carbocycles. The topological polar surface area (TPSA) is 63.6 Å². The highest BCUT2D eigenvalue weighted by molar-refractivity contribution is 6.45. The number of fused-ring (bicyclic) bond motifs is 1. The van der Waals surface area contributed by atoms with E-state index in [1.54, 1.807) is 6.07 Å². The summed E-state index contributed by atoms with van der Waals surface area (Å²) in [6.45, 7) is 5.11. The lowest BCUT2D eigenvalue weighted by atomic mass is 9.80. The highest BCUT2D eigenvalue weighted by atomic mass is 35.5. The van der Waals surface area contributed by atoms with Gasteiger partial charge >= 0.3 is 5.97 Å². The van der Waals surface area contributed by atoms with Crippen molar-refractivity contribution in [2.24, 2.45) is 5.41 Å². The van der Waals surface area contributed by atoms with Crippen molar-refractivity contribution < 1.29 is 19.4 Å². The van der Waals surface area contributed by atoms with Crippen molar-refractivity contribution >= 4 is 35.0 Å². The van der Waals surface area contributed by atoms with Crippen molar-refractivity contribution in [1.82, 2.24) is 0 Å². The van der Waals surface area contributed by atoms with E-state index in [9.17, 15) is 9.59 Å². The molecule has 0 heterocycles. The van der Waals surface area contributed by atoms with Crippen LogP contribution in [0.5, 0.6) is 5.75 Å². The van der Waals surface area contributed by atoms with Gasteiger partial charge in [0.1, 0.15) is 10.8 Å². The Morgan fingerprint density at radius 3 is 2.55 bits per heavy atom. The minimum Gasteiger partial charge on any atom is -0.480 e. The molecule has 0 saturated heterocycles. The zero-order valence-electron chi connectivity index (χ0n) is 11.3. The average Bonchev–Trinajstić information content (AvgIpc) is 2.53. The molecule has 20 heavy (non-hydrogen) atoms. The second kappa shape index (κ2) is 4.93. The van der Waals surface area contributed by atoms with E-state index in [0.29, 0.717) is 5.56 Å². The Morgan fingerprint density at radius 2 is 2.00 bits per heavy atom. The summed E-state index contributed by atoms with van der Waals surface area (Å²) in [5.41, 5.74) is 0.590. The van der Waals surface area contributed by atoms with E-state index in [0.717, 1.165) is 5.56 Å². The molecule has 4 nitrogen and oxygen atoms in total. The molecule has 2 rings (SSSR count). The van der Waals surface area contributed by atoms with Crippen molar-refractivity contribution in [3.8, 4) is 5.75 Å². The van der Waals surface area contributed by atoms with Gasteiger partial charge in [0.15, 0.2) is 12.4 Å². The summed E-state index contributed by atoms with van der Waals surface area (Å²) < 4.78 is 5.13. The standard InChI is InChI=1S/C14H14Cl2O4/c1-6-7-4-8(20-5-9(17)18)11(15)12(16)10(7)13(19)14(6,2)3/h4,6H,5H2,1-3H3,(H,17,18). The lowest BCUT2D eigenvalue weighted by Gasteiger charge is -2.21. The van der Waals surface area contributed by atoms with Gasteiger partial charge in [-0.2, -0.15) is 0 Å². The van der Waals surface area contributed by atoms with Crippen LogP contribution in [0.2, 0.25) is 10.0 Å². The van der Waals surface area contributed by atoms with Crippen LogP contribution in [-0.2, 0) is 4.79 Å². The van der Waals surface area contributed by atoms with Gasteiger partial charge in [-0.1, -0.05) is 44.0 Å². The van der Waals surface area contributed by atoms with Crippen molar-refractivity contribution in [2.75, 3.05) is 6.61 Å². The molecule has 0 radical (unpaired) electrons. The zero-order valence-corrected chi connectivity index (χ0v) is 12.8. The maximum atomic E-state index is 12.4. The van der Waals surface area contributed by atoms with E-state index in [1.165, 1.54) is 0 Å². The molecule has 0 spiro atoms. The fraction of sp³-hybridized carbons (Fsp3) is 0.429. The largest absolute Gasteiger partial charge is 0.480 e. The number of rotatable bonds is 3. The van der Waals surface area contributed by atoms with Crippen LogP contribution in [0.15, 0.2) is 6.07 Å². The van der Waals surface area contributed by atoms with Crippen molar-refractivity contribution in [3.63, 3.8) is 0 Å². The van der Waals surface area contributed by atoms with Gasteiger partial charge in [-0.25, -0.2) is 4.79 Å². The maximum Gasteiger partial charge on any atom is 0.341 e. The summed E-state index contributed by atoms with van der Waals surface area (Å²) in [6.07, 6.45) is 0. The van der Waals surface area contributed by atoms with Crippen LogP contribution in [-0.4, -0.2) is 23.5 Å². The number of carboxylic acids is 1. The summed E-state index contributed by atoms with van der Waals surface area (Å²) in [6, 6.07) is 1.61. The van der Waals surface area contributed by atoms with Gasteiger partial charge < -0.3 is 9.84 Å². The third kappa shape index (κ3) is 2.17. The number of aliphatic carboxylic acids is 1. The molecule has 6 heteroatoms. The molecule has 1 unspecified atom stereocenters. The van der Waals surface area contributed by atoms with Gasteiger partial charge in [0.25, 0.3) is 0 Å². The third-order valence-corrected chi connectivity index (χ3v) is 4.77. The number of carboxylic acid groups (broad SMARTS) is 1. The quantitative estimate of drug-likeness (QED) is 0.921. The summed E-state index contributed by atoms with van der Waals surface area (Å²) in [5, 5.41) is 8.86. The Balaban J connectivity index is 2.55. The molecule has 0 bridgehead atoms. The first-order chi connectivity index (χ1) is 9.17. The molecule has 1 aromatic rings. The van der Waals surface area contributed by atoms with E-state index in [1.807, 2.05) is 20.8 Å². The summed E-state index contributed by atoms with van der Waals surface area (Å²) >= 11 is 12.2. The fourth-order valence-corrected chi connectivity index (χ4v) is 2.84. The summed E-state index contributed by atoms with van der Waals surface area (Å²) in [4.78, 5) is 23.0. The van der Waals surface area contributed by atoms with Gasteiger partial charge in [0.05, 0.1) is 5.02 Å². The van der Waals surface area contributed by atoms with Crippen molar-refractivity contribution in [1.29, 1.82) is 0 Å². The minimum absolute atomic E-state index is 0.0491. The van der Waals surface area contributed by atoms with E-state index in [4.69, 9.17) is 33.0 Å². The van der Waals surface area contributed by atoms with Crippen LogP contribution in [0, 0.1) is 5.41 Å². The second-order valence-corrected chi connectivity index (χ2v) is 6.18. The monoisotopic (exact) mass is 316 g/mol. The van der Waals surface area contributed by atoms with E-state index in [-0.39, 0.29) is 27.5 Å². The van der Waals surface area contributed by atoms with E-state index >= 15 is 0 Å². The number of carbonyl (C=O) groups is 2. The predicted molar refractivity (Wildman–Crippen MR) is 76.1 cm³/mol. The molecule has 1 aliphatic rings. The molecule has 0 aliphatic heterocycles. The fourth-order valence-electron chi connectivity index (χ4n) is 2.35. The van der Waals surface area contributed by atoms with E-state index in [2.05, 4.69) is 0 Å². The molecule has 1 N–H and O–H groups in total. The molecule has 0 aromatic heterocycles. The first-order valence-corrected chi connectivity index (χ1v) is 6.84. The van der Waals surface area contributed by atoms with Gasteiger partial charge in [-0.3, -0.25) is 4.79 Å². The normalized spacial score (nSPS) is 19.9. The predicted octanol–water partition coefficient (Wildman–Crippen LogP) is 3.78. The Morgan fingerprint density at radius 1 is 1.40 bits per heavy atom. The molecule has 1 aromatic carbocycles. The van der Waals surface area contributed by atoms with Crippen LogP contribution in [0.25, 0.3) is 0 Å². The van der Waals surface area contributed by atoms with Crippen LogP contribution in [0.3, 0.4) is 0 Å². The number of benzene rings is 1. The Bertz CT molecular complexity index is 608. The molecule has 108 valence electrons. The Hall–Kier alpha value is -1.26. The zero-order chi connectivity index (χ0) is 15.2. The molecule has 0 fully saturated rings. The SMILES string of the molecule is CC1c2cc(OCC(=O)O)c(Cl)c(Cl)c2C(=O)C1(C)C. The highest BCUT2D eigenvalue weighted by Gasteiger charge is 2.46. The highest BCUT2D eigenvalue weighted by Crippen LogP contribution is 2.52. The average molecular weight is 317 g/mol. The molecular weight excluding hydrogens is 303 g/mol. The Labute approximate surface area is 126 Å². The van der Waals surface area contributed by atoms with Crippen LogP contribution in [0.1, 0.15) is 42.6 Å². The van der Waals surface area contributed by atoms with Crippen LogP contribution < -0.4 is 4.74 Å². The minimum atomic E-state index is -1.11. The Kier molecular flexibility index (Phi) is 3.73. The molecule has 0 amide bonds.